The highest BCUT2D eigenvalue weighted by molar-refractivity contribution is 8.06. The number of hydrogen-bond donors (Lipinski definition) is 2. The van der Waals surface area contributed by atoms with E-state index in [1.54, 1.807) is 0 Å². The van der Waals surface area contributed by atoms with Crippen molar-refractivity contribution in [2.24, 2.45) is 0 Å². The fourth-order valence-electron chi connectivity index (χ4n) is 3.35. The number of phenols is 2. The summed E-state index contributed by atoms with van der Waals surface area (Å²) in [6.07, 6.45) is 0. The van der Waals surface area contributed by atoms with Gasteiger partial charge in [0, 0.05) is 10.6 Å². The van der Waals surface area contributed by atoms with E-state index in [1.807, 2.05) is 56.3 Å². The van der Waals surface area contributed by atoms with Gasteiger partial charge in [0.25, 0.3) is 0 Å². The van der Waals surface area contributed by atoms with E-state index in [4.69, 9.17) is 0 Å². The summed E-state index contributed by atoms with van der Waals surface area (Å²) in [5.74, 6) is 0.715. The minimum atomic E-state index is -2.05. The first-order chi connectivity index (χ1) is 12.3. The summed E-state index contributed by atoms with van der Waals surface area (Å²) in [5.41, 5.74) is 1.75. The van der Waals surface area contributed by atoms with E-state index < -0.39 is 15.2 Å². The highest BCUT2D eigenvalue weighted by Gasteiger charge is 2.38. The van der Waals surface area contributed by atoms with Crippen LogP contribution in [0.1, 0.15) is 11.1 Å². The van der Waals surface area contributed by atoms with Gasteiger partial charge in [0.15, 0.2) is 0 Å². The summed E-state index contributed by atoms with van der Waals surface area (Å²) in [4.78, 5) is 0. The molecule has 0 unspecified atom stereocenters. The predicted octanol–water partition coefficient (Wildman–Crippen LogP) is 4.26. The molecule has 26 heavy (non-hydrogen) atoms. The summed E-state index contributed by atoms with van der Waals surface area (Å²) in [6, 6.07) is 22.4. The molecule has 0 amide bonds. The van der Waals surface area contributed by atoms with Crippen molar-refractivity contribution in [1.29, 1.82) is 0 Å². The van der Waals surface area contributed by atoms with Gasteiger partial charge >= 0.3 is 0 Å². The molecule has 3 aromatic carbocycles. The lowest BCUT2D eigenvalue weighted by molar-refractivity contribution is 0.475. The van der Waals surface area contributed by atoms with Crippen LogP contribution < -0.4 is 15.8 Å². The van der Waals surface area contributed by atoms with E-state index in [2.05, 4.69) is 37.4 Å². The molecule has 4 heteroatoms. The molecule has 3 aromatic rings. The zero-order valence-electron chi connectivity index (χ0n) is 15.7. The van der Waals surface area contributed by atoms with Gasteiger partial charge < -0.3 is 10.2 Å². The number of aryl methyl sites for hydroxylation is 2. The monoisotopic (exact) mass is 380 g/mol. The highest BCUT2D eigenvalue weighted by atomic mass is 31.4. The third-order valence-corrected chi connectivity index (χ3v) is 15.1. The summed E-state index contributed by atoms with van der Waals surface area (Å²) < 4.78 is 0. The highest BCUT2D eigenvalue weighted by Crippen LogP contribution is 2.49. The molecule has 0 saturated heterocycles. The van der Waals surface area contributed by atoms with Gasteiger partial charge in [-0.2, -0.15) is 0 Å². The van der Waals surface area contributed by atoms with Crippen molar-refractivity contribution in [2.45, 2.75) is 26.9 Å². The van der Waals surface area contributed by atoms with Gasteiger partial charge in [-0.15, -0.1) is 0 Å². The number of rotatable bonds is 4. The Balaban J connectivity index is 2.30. The Morgan fingerprint density at radius 2 is 1.12 bits per heavy atom. The van der Waals surface area contributed by atoms with Crippen LogP contribution in [0, 0.1) is 13.8 Å². The van der Waals surface area contributed by atoms with E-state index >= 15 is 0 Å². The lowest BCUT2D eigenvalue weighted by Gasteiger charge is -2.35. The smallest absolute Gasteiger partial charge is 0.126 e. The van der Waals surface area contributed by atoms with Crippen LogP contribution in [0.4, 0.5) is 0 Å². The van der Waals surface area contributed by atoms with Crippen LogP contribution in [0.25, 0.3) is 0 Å². The summed E-state index contributed by atoms with van der Waals surface area (Å²) in [7, 11) is -2.96. The molecule has 0 saturated carbocycles. The molecule has 0 atom stereocenters. The molecule has 0 aliphatic carbocycles. The number of hydrogen-bond acceptors (Lipinski definition) is 2. The first-order valence-corrected chi connectivity index (χ1v) is 14.0. The normalized spacial score (nSPS) is 11.7. The van der Waals surface area contributed by atoms with Gasteiger partial charge in [-0.05, 0) is 32.4 Å². The third-order valence-electron chi connectivity index (χ3n) is 4.95. The Kier molecular flexibility index (Phi) is 5.22. The van der Waals surface area contributed by atoms with Crippen molar-refractivity contribution in [1.82, 2.24) is 0 Å². The fourth-order valence-corrected chi connectivity index (χ4v) is 13.2. The number of aromatic hydroxyl groups is 2. The first-order valence-electron chi connectivity index (χ1n) is 8.77. The third kappa shape index (κ3) is 3.30. The molecular formula is C22H25O2PSi. The largest absolute Gasteiger partial charge is 0.507 e. The molecule has 0 heterocycles. The second-order valence-corrected chi connectivity index (χ2v) is 17.2. The van der Waals surface area contributed by atoms with Gasteiger partial charge in [-0.3, -0.25) is 0 Å². The van der Waals surface area contributed by atoms with Crippen LogP contribution in [0.2, 0.25) is 13.1 Å². The Morgan fingerprint density at radius 3 is 1.58 bits per heavy atom. The van der Waals surface area contributed by atoms with Crippen molar-refractivity contribution in [3.63, 3.8) is 0 Å². The van der Waals surface area contributed by atoms with Crippen molar-refractivity contribution < 1.29 is 10.2 Å². The van der Waals surface area contributed by atoms with Crippen LogP contribution in [0.15, 0.2) is 66.7 Å². The minimum absolute atomic E-state index is 0.357. The van der Waals surface area contributed by atoms with Gasteiger partial charge in [0.05, 0.1) is 0 Å². The molecular weight excluding hydrogens is 355 g/mol. The maximum absolute atomic E-state index is 10.9. The van der Waals surface area contributed by atoms with Crippen molar-refractivity contribution in [2.75, 3.05) is 0 Å². The molecule has 0 spiro atoms. The Labute approximate surface area is 157 Å². The van der Waals surface area contributed by atoms with Crippen molar-refractivity contribution >= 4 is 31.0 Å². The van der Waals surface area contributed by atoms with E-state index in [1.165, 1.54) is 5.19 Å². The fraction of sp³-hybridized carbons (Fsp3) is 0.182. The predicted molar refractivity (Wildman–Crippen MR) is 115 cm³/mol. The maximum atomic E-state index is 10.9. The number of para-hydroxylation sites is 2. The summed E-state index contributed by atoms with van der Waals surface area (Å²) >= 11 is 0. The van der Waals surface area contributed by atoms with Crippen LogP contribution in [-0.2, 0) is 0 Å². The Bertz CT molecular complexity index is 871. The van der Waals surface area contributed by atoms with E-state index in [0.29, 0.717) is 11.5 Å². The maximum Gasteiger partial charge on any atom is 0.126 e. The van der Waals surface area contributed by atoms with Crippen LogP contribution in [0.3, 0.4) is 0 Å². The van der Waals surface area contributed by atoms with Crippen molar-refractivity contribution in [3.05, 3.63) is 77.9 Å². The van der Waals surface area contributed by atoms with Crippen LogP contribution in [-0.4, -0.2) is 18.0 Å². The van der Waals surface area contributed by atoms with Gasteiger partial charge in [0.2, 0.25) is 0 Å². The lowest BCUT2D eigenvalue weighted by atomic mass is 10.2. The molecule has 3 rings (SSSR count). The molecule has 0 aromatic heterocycles. The van der Waals surface area contributed by atoms with E-state index in [-0.39, 0.29) is 0 Å². The average Bonchev–Trinajstić information content (AvgIpc) is 2.63. The number of benzene rings is 3. The Hall–Kier alpha value is -2.09. The minimum Gasteiger partial charge on any atom is -0.507 e. The summed E-state index contributed by atoms with van der Waals surface area (Å²) in [6.45, 7) is 8.52. The topological polar surface area (TPSA) is 40.5 Å². The zero-order chi connectivity index (χ0) is 18.9. The molecule has 0 aliphatic rings. The molecule has 0 bridgehead atoms. The Morgan fingerprint density at radius 1 is 0.654 bits per heavy atom. The lowest BCUT2D eigenvalue weighted by Crippen LogP contribution is -2.45. The second kappa shape index (κ2) is 7.26. The molecule has 134 valence electrons. The van der Waals surface area contributed by atoms with Gasteiger partial charge in [0.1, 0.15) is 19.2 Å². The second-order valence-electron chi connectivity index (χ2n) is 7.15. The number of phenolic OH excluding ortho intramolecular Hbond substituents is 2. The molecule has 0 fully saturated rings. The van der Waals surface area contributed by atoms with E-state index in [9.17, 15) is 10.2 Å². The zero-order valence-corrected chi connectivity index (χ0v) is 17.6. The molecule has 2 N–H and O–H groups in total. The van der Waals surface area contributed by atoms with Crippen LogP contribution >= 0.6 is 7.47 Å². The van der Waals surface area contributed by atoms with E-state index in [0.717, 1.165) is 21.7 Å². The van der Waals surface area contributed by atoms with Gasteiger partial charge in [-0.25, -0.2) is 0 Å². The van der Waals surface area contributed by atoms with Crippen molar-refractivity contribution in [3.8, 4) is 11.5 Å². The standard InChI is InChI=1S/C22H25O2PSi/c1-16-10-8-14-19(21(16)23)25(20-15-9-11-17(2)22(20)24)26(3,4)18-12-6-5-7-13-18/h5-15,23-24H,1-4H3. The first kappa shape index (κ1) is 18.7. The summed E-state index contributed by atoms with van der Waals surface area (Å²) in [5, 5.41) is 25.0. The average molecular weight is 381 g/mol. The quantitative estimate of drug-likeness (QED) is 0.524. The SMILES string of the molecule is Cc1cccc(P(c2cccc(C)c2O)[Si](C)(C)c2ccccc2)c1O. The molecule has 0 aliphatic heterocycles. The van der Waals surface area contributed by atoms with Crippen LogP contribution in [0.5, 0.6) is 11.5 Å². The molecule has 2 nitrogen and oxygen atoms in total. The van der Waals surface area contributed by atoms with Gasteiger partial charge in [-0.1, -0.05) is 85.0 Å². The molecule has 0 radical (unpaired) electrons.